The zero-order chi connectivity index (χ0) is 25.6. The van der Waals surface area contributed by atoms with E-state index in [0.29, 0.717) is 13.0 Å². The third-order valence-electron chi connectivity index (χ3n) is 6.59. The van der Waals surface area contributed by atoms with Crippen LogP contribution in [0.4, 0.5) is 0 Å². The van der Waals surface area contributed by atoms with Crippen LogP contribution in [0.15, 0.2) is 97.1 Å². The van der Waals surface area contributed by atoms with E-state index in [1.807, 2.05) is 36.4 Å². The SMILES string of the molecule is CC(C)(C)[Si](OCCCCOC(=O)c1cc2ccccc2cc1O)(c1ccccc1)c1ccccc1. The molecule has 0 aromatic heterocycles. The van der Waals surface area contributed by atoms with Gasteiger partial charge in [-0.3, -0.25) is 0 Å². The summed E-state index contributed by atoms with van der Waals surface area (Å²) < 4.78 is 12.4. The maximum absolute atomic E-state index is 12.6. The first-order valence-electron chi connectivity index (χ1n) is 12.5. The molecule has 4 rings (SSSR count). The molecule has 0 amide bonds. The Hall–Kier alpha value is -3.41. The van der Waals surface area contributed by atoms with Gasteiger partial charge in [0.05, 0.1) is 6.61 Å². The van der Waals surface area contributed by atoms with Crippen molar-refractivity contribution in [3.8, 4) is 5.75 Å². The van der Waals surface area contributed by atoms with Crippen molar-refractivity contribution in [1.29, 1.82) is 0 Å². The predicted octanol–water partition coefficient (Wildman–Crippen LogP) is 6.06. The molecule has 36 heavy (non-hydrogen) atoms. The Kier molecular flexibility index (Phi) is 7.92. The van der Waals surface area contributed by atoms with Crippen LogP contribution in [-0.2, 0) is 9.16 Å². The molecule has 0 bridgehead atoms. The first-order chi connectivity index (χ1) is 17.3. The highest BCUT2D eigenvalue weighted by molar-refractivity contribution is 6.99. The lowest BCUT2D eigenvalue weighted by atomic mass is 10.1. The quantitative estimate of drug-likeness (QED) is 0.173. The van der Waals surface area contributed by atoms with Crippen molar-refractivity contribution in [1.82, 2.24) is 0 Å². The molecule has 4 nitrogen and oxygen atoms in total. The van der Waals surface area contributed by atoms with E-state index >= 15 is 0 Å². The Morgan fingerprint density at radius 1 is 0.750 bits per heavy atom. The zero-order valence-electron chi connectivity index (χ0n) is 21.2. The summed E-state index contributed by atoms with van der Waals surface area (Å²) in [6.07, 6.45) is 1.44. The second-order valence-electron chi connectivity index (χ2n) is 10.1. The van der Waals surface area contributed by atoms with E-state index in [1.54, 1.807) is 12.1 Å². The van der Waals surface area contributed by atoms with Crippen molar-refractivity contribution in [3.05, 3.63) is 103 Å². The number of phenolic OH excluding ortho intramolecular Hbond substituents is 1. The lowest BCUT2D eigenvalue weighted by molar-refractivity contribution is 0.0490. The molecule has 0 aliphatic heterocycles. The Morgan fingerprint density at radius 2 is 1.25 bits per heavy atom. The molecule has 0 aliphatic rings. The summed E-state index contributed by atoms with van der Waals surface area (Å²) >= 11 is 0. The Balaban J connectivity index is 1.40. The number of fused-ring (bicyclic) bond motifs is 1. The minimum absolute atomic E-state index is 0.0614. The normalized spacial score (nSPS) is 12.0. The number of rotatable bonds is 9. The molecule has 5 heteroatoms. The molecule has 0 saturated carbocycles. The van der Waals surface area contributed by atoms with Crippen LogP contribution in [0.5, 0.6) is 5.75 Å². The van der Waals surface area contributed by atoms with Crippen molar-refractivity contribution in [2.45, 2.75) is 38.7 Å². The minimum atomic E-state index is -2.56. The summed E-state index contributed by atoms with van der Waals surface area (Å²) in [5.74, 6) is -0.570. The summed E-state index contributed by atoms with van der Waals surface area (Å²) in [7, 11) is -2.56. The molecule has 4 aromatic carbocycles. The van der Waals surface area contributed by atoms with Gasteiger partial charge in [0.15, 0.2) is 0 Å². The van der Waals surface area contributed by atoms with Crippen LogP contribution in [0, 0.1) is 0 Å². The molecule has 0 radical (unpaired) electrons. The molecule has 0 atom stereocenters. The predicted molar refractivity (Wildman–Crippen MR) is 149 cm³/mol. The number of esters is 1. The molecule has 0 unspecified atom stereocenters. The zero-order valence-corrected chi connectivity index (χ0v) is 22.2. The van der Waals surface area contributed by atoms with Gasteiger partial charge in [0.2, 0.25) is 0 Å². The summed E-state index contributed by atoms with van der Waals surface area (Å²) in [5, 5.41) is 14.5. The van der Waals surface area contributed by atoms with Crippen molar-refractivity contribution < 1.29 is 19.1 Å². The number of benzene rings is 4. The summed E-state index contributed by atoms with van der Waals surface area (Å²) in [6, 6.07) is 32.0. The number of phenols is 1. The summed E-state index contributed by atoms with van der Waals surface area (Å²) in [5.41, 5.74) is 0.192. The summed E-state index contributed by atoms with van der Waals surface area (Å²) in [4.78, 5) is 12.6. The molecule has 4 aromatic rings. The average Bonchev–Trinajstić information content (AvgIpc) is 2.88. The van der Waals surface area contributed by atoms with Gasteiger partial charge in [0.25, 0.3) is 8.32 Å². The number of ether oxygens (including phenoxy) is 1. The third-order valence-corrected chi connectivity index (χ3v) is 11.6. The second kappa shape index (κ2) is 11.1. The van der Waals surface area contributed by atoms with Crippen molar-refractivity contribution in [2.75, 3.05) is 13.2 Å². The standard InChI is InChI=1S/C31H34O4Si/c1-31(2,3)36(26-16-6-4-7-17-26,27-18-8-5-9-19-27)35-21-13-12-20-34-30(33)28-22-24-14-10-11-15-25(24)23-29(28)32/h4-11,14-19,22-23,32H,12-13,20-21H2,1-3H3. The van der Waals surface area contributed by atoms with Gasteiger partial charge in [-0.1, -0.05) is 106 Å². The van der Waals surface area contributed by atoms with Gasteiger partial charge < -0.3 is 14.3 Å². The highest BCUT2D eigenvalue weighted by Gasteiger charge is 2.49. The van der Waals surface area contributed by atoms with Gasteiger partial charge in [-0.2, -0.15) is 0 Å². The molecule has 0 aliphatic carbocycles. The average molecular weight is 499 g/mol. The highest BCUT2D eigenvalue weighted by Crippen LogP contribution is 2.36. The molecular weight excluding hydrogens is 464 g/mol. The van der Waals surface area contributed by atoms with Crippen molar-refractivity contribution in [3.63, 3.8) is 0 Å². The topological polar surface area (TPSA) is 55.8 Å². The number of hydrogen-bond donors (Lipinski definition) is 1. The van der Waals surface area contributed by atoms with Crippen LogP contribution < -0.4 is 10.4 Å². The van der Waals surface area contributed by atoms with Crippen LogP contribution in [0.2, 0.25) is 5.04 Å². The van der Waals surface area contributed by atoms with Crippen molar-refractivity contribution in [2.24, 2.45) is 0 Å². The molecule has 186 valence electrons. The largest absolute Gasteiger partial charge is 0.507 e. The van der Waals surface area contributed by atoms with E-state index in [0.717, 1.165) is 17.2 Å². The highest BCUT2D eigenvalue weighted by atomic mass is 28.4. The molecule has 0 saturated heterocycles. The van der Waals surface area contributed by atoms with Crippen LogP contribution in [0.1, 0.15) is 44.0 Å². The summed E-state index contributed by atoms with van der Waals surface area (Å²) in [6.45, 7) is 7.63. The van der Waals surface area contributed by atoms with Crippen LogP contribution in [0.25, 0.3) is 10.8 Å². The Morgan fingerprint density at radius 3 is 1.81 bits per heavy atom. The number of carbonyl (C=O) groups excluding carboxylic acids is 1. The third kappa shape index (κ3) is 5.37. The van der Waals surface area contributed by atoms with Gasteiger partial charge in [-0.25, -0.2) is 4.79 Å². The van der Waals surface area contributed by atoms with E-state index in [1.165, 1.54) is 10.4 Å². The lowest BCUT2D eigenvalue weighted by Gasteiger charge is -2.43. The van der Waals surface area contributed by atoms with Crippen LogP contribution in [-0.4, -0.2) is 32.6 Å². The molecule has 0 heterocycles. The van der Waals surface area contributed by atoms with E-state index in [-0.39, 0.29) is 23.0 Å². The van der Waals surface area contributed by atoms with Crippen LogP contribution >= 0.6 is 0 Å². The Labute approximate surface area is 214 Å². The fourth-order valence-electron chi connectivity index (χ4n) is 4.83. The second-order valence-corrected chi connectivity index (χ2v) is 14.4. The van der Waals surface area contributed by atoms with E-state index in [2.05, 4.69) is 69.3 Å². The van der Waals surface area contributed by atoms with Gasteiger partial charge >= 0.3 is 5.97 Å². The molecule has 0 spiro atoms. The maximum atomic E-state index is 12.6. The van der Waals surface area contributed by atoms with E-state index < -0.39 is 14.3 Å². The Bertz CT molecular complexity index is 1260. The fraction of sp³-hybridized carbons (Fsp3) is 0.258. The number of carbonyl (C=O) groups is 1. The molecular formula is C31H34O4Si. The maximum Gasteiger partial charge on any atom is 0.341 e. The van der Waals surface area contributed by atoms with E-state index in [4.69, 9.17) is 9.16 Å². The lowest BCUT2D eigenvalue weighted by Crippen LogP contribution is -2.66. The van der Waals surface area contributed by atoms with Gasteiger partial charge in [-0.05, 0) is 51.2 Å². The monoisotopic (exact) mass is 498 g/mol. The number of unbranched alkanes of at least 4 members (excludes halogenated alkanes) is 1. The van der Waals surface area contributed by atoms with Gasteiger partial charge in [-0.15, -0.1) is 0 Å². The fourth-order valence-corrected chi connectivity index (χ4v) is 9.43. The molecule has 1 N–H and O–H groups in total. The van der Waals surface area contributed by atoms with Crippen molar-refractivity contribution >= 4 is 35.4 Å². The smallest absolute Gasteiger partial charge is 0.341 e. The number of hydrogen-bond acceptors (Lipinski definition) is 4. The first kappa shape index (κ1) is 25.7. The van der Waals surface area contributed by atoms with Gasteiger partial charge in [0, 0.05) is 6.61 Å². The molecule has 0 fully saturated rings. The van der Waals surface area contributed by atoms with Gasteiger partial charge in [0.1, 0.15) is 11.3 Å². The van der Waals surface area contributed by atoms with Crippen LogP contribution in [0.3, 0.4) is 0 Å². The minimum Gasteiger partial charge on any atom is -0.507 e. The van der Waals surface area contributed by atoms with E-state index in [9.17, 15) is 9.90 Å². The number of aromatic hydroxyl groups is 1. The first-order valence-corrected chi connectivity index (χ1v) is 14.4.